The number of unbranched alkanes of at least 4 members (excludes halogenated alkanes) is 1. The molecule has 114 valence electrons. The quantitative estimate of drug-likeness (QED) is 0.326. The van der Waals surface area contributed by atoms with E-state index < -0.39 is 4.92 Å². The van der Waals surface area contributed by atoms with Crippen LogP contribution in [0.15, 0.2) is 53.5 Å². The van der Waals surface area contributed by atoms with Crippen LogP contribution in [-0.4, -0.2) is 17.7 Å². The van der Waals surface area contributed by atoms with E-state index in [1.165, 1.54) is 12.1 Å². The van der Waals surface area contributed by atoms with Crippen molar-refractivity contribution in [2.45, 2.75) is 19.8 Å². The topological polar surface area (TPSA) is 64.7 Å². The van der Waals surface area contributed by atoms with Crippen LogP contribution in [0.4, 0.5) is 11.4 Å². The zero-order valence-electron chi connectivity index (χ0n) is 12.4. The number of nitrogens with zero attached hydrogens (tertiary/aromatic N) is 2. The summed E-state index contributed by atoms with van der Waals surface area (Å²) in [6.07, 6.45) is 3.83. The zero-order chi connectivity index (χ0) is 15.8. The summed E-state index contributed by atoms with van der Waals surface area (Å²) in [5.74, 6) is 0.836. The largest absolute Gasteiger partial charge is 0.494 e. The molecule has 22 heavy (non-hydrogen) atoms. The molecule has 0 spiro atoms. The Kier molecular flexibility index (Phi) is 5.65. The first kappa shape index (κ1) is 15.7. The van der Waals surface area contributed by atoms with Gasteiger partial charge >= 0.3 is 0 Å². The molecule has 0 aliphatic heterocycles. The van der Waals surface area contributed by atoms with Crippen molar-refractivity contribution in [3.05, 3.63) is 64.2 Å². The smallest absolute Gasteiger partial charge is 0.269 e. The second-order valence-electron chi connectivity index (χ2n) is 4.80. The maximum Gasteiger partial charge on any atom is 0.269 e. The van der Waals surface area contributed by atoms with Crippen LogP contribution in [0.2, 0.25) is 0 Å². The van der Waals surface area contributed by atoms with Gasteiger partial charge in [-0.1, -0.05) is 13.3 Å². The highest BCUT2D eigenvalue weighted by Gasteiger charge is 2.02. The summed E-state index contributed by atoms with van der Waals surface area (Å²) in [5, 5.41) is 10.6. The third-order valence-electron chi connectivity index (χ3n) is 3.07. The van der Waals surface area contributed by atoms with E-state index in [1.807, 2.05) is 24.3 Å². The van der Waals surface area contributed by atoms with E-state index in [0.717, 1.165) is 36.4 Å². The van der Waals surface area contributed by atoms with Crippen LogP contribution < -0.4 is 4.74 Å². The summed E-state index contributed by atoms with van der Waals surface area (Å²) >= 11 is 0. The number of hydrogen-bond acceptors (Lipinski definition) is 4. The van der Waals surface area contributed by atoms with Crippen molar-refractivity contribution in [3.8, 4) is 5.75 Å². The van der Waals surface area contributed by atoms with Crippen LogP contribution in [0, 0.1) is 10.1 Å². The minimum Gasteiger partial charge on any atom is -0.494 e. The SMILES string of the molecule is CCCCOc1ccc(/N=C/c2ccc([N+](=O)[O-])cc2)cc1. The second-order valence-corrected chi connectivity index (χ2v) is 4.80. The molecule has 0 N–H and O–H groups in total. The van der Waals surface area contributed by atoms with Crippen molar-refractivity contribution < 1.29 is 9.66 Å². The number of ether oxygens (including phenoxy) is 1. The molecule has 2 aromatic rings. The van der Waals surface area contributed by atoms with E-state index in [9.17, 15) is 10.1 Å². The molecule has 0 atom stereocenters. The number of hydrogen-bond donors (Lipinski definition) is 0. The Morgan fingerprint density at radius 1 is 1.14 bits per heavy atom. The predicted octanol–water partition coefficient (Wildman–Crippen LogP) is 4.52. The third kappa shape index (κ3) is 4.70. The molecule has 0 aliphatic carbocycles. The Balaban J connectivity index is 1.96. The number of non-ortho nitro benzene ring substituents is 1. The number of benzene rings is 2. The lowest BCUT2D eigenvalue weighted by molar-refractivity contribution is -0.384. The van der Waals surface area contributed by atoms with E-state index >= 15 is 0 Å². The average molecular weight is 298 g/mol. The molecule has 5 heteroatoms. The summed E-state index contributed by atoms with van der Waals surface area (Å²) in [4.78, 5) is 14.5. The highest BCUT2D eigenvalue weighted by Crippen LogP contribution is 2.18. The zero-order valence-corrected chi connectivity index (χ0v) is 12.4. The standard InChI is InChI=1S/C17H18N2O3/c1-2-3-12-22-17-10-6-15(7-11-17)18-13-14-4-8-16(9-5-14)19(20)21/h4-11,13H,2-3,12H2,1H3/b18-13+. The normalized spacial score (nSPS) is 10.8. The molecule has 5 nitrogen and oxygen atoms in total. The molecule has 0 heterocycles. The minimum absolute atomic E-state index is 0.0748. The van der Waals surface area contributed by atoms with Gasteiger partial charge in [0, 0.05) is 18.3 Å². The van der Waals surface area contributed by atoms with Gasteiger partial charge in [-0.25, -0.2) is 0 Å². The van der Waals surface area contributed by atoms with Crippen molar-refractivity contribution in [2.75, 3.05) is 6.61 Å². The predicted molar refractivity (Wildman–Crippen MR) is 87.2 cm³/mol. The molecule has 0 unspecified atom stereocenters. The molecule has 2 aromatic carbocycles. The molecule has 0 aliphatic rings. The Labute approximate surface area is 129 Å². The van der Waals surface area contributed by atoms with Crippen LogP contribution in [0.1, 0.15) is 25.3 Å². The van der Waals surface area contributed by atoms with Gasteiger partial charge < -0.3 is 4.74 Å². The lowest BCUT2D eigenvalue weighted by Gasteiger charge is -2.04. The van der Waals surface area contributed by atoms with E-state index in [4.69, 9.17) is 4.74 Å². The number of rotatable bonds is 7. The Morgan fingerprint density at radius 3 is 2.41 bits per heavy atom. The fourth-order valence-corrected chi connectivity index (χ4v) is 1.79. The highest BCUT2D eigenvalue weighted by atomic mass is 16.6. The van der Waals surface area contributed by atoms with Crippen molar-refractivity contribution in [1.82, 2.24) is 0 Å². The Hall–Kier alpha value is -2.69. The molecular formula is C17H18N2O3. The van der Waals surface area contributed by atoms with Gasteiger partial charge in [-0.3, -0.25) is 15.1 Å². The first-order valence-corrected chi connectivity index (χ1v) is 7.20. The number of nitro groups is 1. The third-order valence-corrected chi connectivity index (χ3v) is 3.07. The van der Waals surface area contributed by atoms with Gasteiger partial charge in [-0.15, -0.1) is 0 Å². The van der Waals surface area contributed by atoms with Crippen LogP contribution in [0.5, 0.6) is 5.75 Å². The molecule has 0 saturated heterocycles. The van der Waals surface area contributed by atoms with Gasteiger partial charge in [0.15, 0.2) is 0 Å². The summed E-state index contributed by atoms with van der Waals surface area (Å²) in [7, 11) is 0. The average Bonchev–Trinajstić information content (AvgIpc) is 2.55. The van der Waals surface area contributed by atoms with Gasteiger partial charge in [0.2, 0.25) is 0 Å². The van der Waals surface area contributed by atoms with Crippen molar-refractivity contribution in [2.24, 2.45) is 4.99 Å². The summed E-state index contributed by atoms with van der Waals surface area (Å²) in [6.45, 7) is 2.85. The van der Waals surface area contributed by atoms with Gasteiger partial charge in [-0.2, -0.15) is 0 Å². The van der Waals surface area contributed by atoms with Crippen molar-refractivity contribution >= 4 is 17.6 Å². The summed E-state index contributed by atoms with van der Waals surface area (Å²) in [5.41, 5.74) is 1.70. The molecule has 2 rings (SSSR count). The number of aliphatic imine (C=N–C) groups is 1. The Bertz CT molecular complexity index is 634. The first-order chi connectivity index (χ1) is 10.7. The van der Waals surface area contributed by atoms with E-state index in [2.05, 4.69) is 11.9 Å². The Morgan fingerprint density at radius 2 is 1.82 bits per heavy atom. The molecule has 0 radical (unpaired) electrons. The monoisotopic (exact) mass is 298 g/mol. The summed E-state index contributed by atoms with van der Waals surface area (Å²) < 4.78 is 5.58. The molecule has 0 amide bonds. The van der Waals surface area contributed by atoms with Crippen LogP contribution in [-0.2, 0) is 0 Å². The van der Waals surface area contributed by atoms with Gasteiger partial charge in [0.1, 0.15) is 5.75 Å². The maximum absolute atomic E-state index is 10.6. The van der Waals surface area contributed by atoms with Crippen LogP contribution in [0.25, 0.3) is 0 Å². The van der Waals surface area contributed by atoms with E-state index in [1.54, 1.807) is 18.3 Å². The molecule has 0 bridgehead atoms. The minimum atomic E-state index is -0.418. The second kappa shape index (κ2) is 7.93. The fourth-order valence-electron chi connectivity index (χ4n) is 1.79. The lowest BCUT2D eigenvalue weighted by Crippen LogP contribution is -1.95. The molecular weight excluding hydrogens is 280 g/mol. The van der Waals surface area contributed by atoms with Crippen molar-refractivity contribution in [3.63, 3.8) is 0 Å². The van der Waals surface area contributed by atoms with Gasteiger partial charge in [0.25, 0.3) is 5.69 Å². The van der Waals surface area contributed by atoms with Crippen LogP contribution in [0.3, 0.4) is 0 Å². The summed E-state index contributed by atoms with van der Waals surface area (Å²) in [6, 6.07) is 13.8. The number of nitro benzene ring substituents is 1. The van der Waals surface area contributed by atoms with E-state index in [0.29, 0.717) is 0 Å². The lowest BCUT2D eigenvalue weighted by atomic mass is 10.2. The molecule has 0 aromatic heterocycles. The van der Waals surface area contributed by atoms with E-state index in [-0.39, 0.29) is 5.69 Å². The first-order valence-electron chi connectivity index (χ1n) is 7.20. The van der Waals surface area contributed by atoms with Gasteiger partial charge in [-0.05, 0) is 48.4 Å². The fraction of sp³-hybridized carbons (Fsp3) is 0.235. The van der Waals surface area contributed by atoms with Crippen LogP contribution >= 0.6 is 0 Å². The molecule has 0 fully saturated rings. The highest BCUT2D eigenvalue weighted by molar-refractivity contribution is 5.82. The van der Waals surface area contributed by atoms with Crippen molar-refractivity contribution in [1.29, 1.82) is 0 Å². The maximum atomic E-state index is 10.6. The van der Waals surface area contributed by atoms with Gasteiger partial charge in [0.05, 0.1) is 17.2 Å². The molecule has 0 saturated carbocycles.